The zero-order chi connectivity index (χ0) is 14.7. The minimum absolute atomic E-state index is 0.567. The second kappa shape index (κ2) is 6.24. The van der Waals surface area contributed by atoms with Crippen molar-refractivity contribution >= 4 is 5.82 Å². The van der Waals surface area contributed by atoms with Crippen LogP contribution in [0.1, 0.15) is 38.4 Å². The molecule has 0 N–H and O–H groups in total. The first-order valence-electron chi connectivity index (χ1n) is 7.78. The molecule has 3 rings (SSSR count). The summed E-state index contributed by atoms with van der Waals surface area (Å²) in [5.41, 5.74) is 0.942. The van der Waals surface area contributed by atoms with Crippen molar-refractivity contribution in [3.05, 3.63) is 24.2 Å². The van der Waals surface area contributed by atoms with Gasteiger partial charge in [0.05, 0.1) is 0 Å². The van der Waals surface area contributed by atoms with Crippen LogP contribution >= 0.6 is 0 Å². The largest absolute Gasteiger partial charge is 0.357 e. The van der Waals surface area contributed by atoms with Crippen LogP contribution in [0.3, 0.4) is 0 Å². The molecule has 0 aliphatic carbocycles. The molecular weight excluding hydrogens is 264 g/mol. The summed E-state index contributed by atoms with van der Waals surface area (Å²) in [6.45, 7) is 6.28. The van der Waals surface area contributed by atoms with E-state index in [0.717, 1.165) is 30.4 Å². The van der Waals surface area contributed by atoms with E-state index in [0.29, 0.717) is 11.7 Å². The maximum absolute atomic E-state index is 5.24. The van der Waals surface area contributed by atoms with Crippen molar-refractivity contribution in [1.82, 2.24) is 15.1 Å². The summed E-state index contributed by atoms with van der Waals surface area (Å²) in [6, 6.07) is 3.97. The highest BCUT2D eigenvalue weighted by molar-refractivity contribution is 5.58. The van der Waals surface area contributed by atoms with Gasteiger partial charge in [0.1, 0.15) is 5.82 Å². The predicted molar refractivity (Wildman–Crippen MR) is 82.1 cm³/mol. The third-order valence-corrected chi connectivity index (χ3v) is 4.27. The molecule has 5 nitrogen and oxygen atoms in total. The molecule has 1 atom stereocenters. The van der Waals surface area contributed by atoms with Gasteiger partial charge in [0, 0.05) is 24.8 Å². The topological polar surface area (TPSA) is 55.1 Å². The quantitative estimate of drug-likeness (QED) is 0.865. The number of nitrogens with zero attached hydrogens (tertiary/aromatic N) is 4. The van der Waals surface area contributed by atoms with Gasteiger partial charge in [0.2, 0.25) is 0 Å². The van der Waals surface area contributed by atoms with E-state index in [9.17, 15) is 0 Å². The average Bonchev–Trinajstić information content (AvgIpc) is 2.81. The van der Waals surface area contributed by atoms with Crippen molar-refractivity contribution in [1.29, 1.82) is 0 Å². The van der Waals surface area contributed by atoms with E-state index >= 15 is 0 Å². The molecule has 0 saturated carbocycles. The molecule has 2 aromatic heterocycles. The Kier molecular flexibility index (Phi) is 4.18. The minimum atomic E-state index is 0.567. The van der Waals surface area contributed by atoms with Crippen molar-refractivity contribution in [2.24, 2.45) is 5.92 Å². The van der Waals surface area contributed by atoms with Crippen LogP contribution in [0.5, 0.6) is 0 Å². The lowest BCUT2D eigenvalue weighted by Crippen LogP contribution is -2.25. The number of hydrogen-bond acceptors (Lipinski definition) is 5. The van der Waals surface area contributed by atoms with E-state index in [1.165, 1.54) is 25.7 Å². The number of hydrogen-bond donors (Lipinski definition) is 0. The van der Waals surface area contributed by atoms with Crippen molar-refractivity contribution in [2.75, 3.05) is 18.0 Å². The van der Waals surface area contributed by atoms with E-state index in [-0.39, 0.29) is 0 Å². The molecule has 0 bridgehead atoms. The van der Waals surface area contributed by atoms with Gasteiger partial charge in [0.25, 0.3) is 5.89 Å². The van der Waals surface area contributed by atoms with Gasteiger partial charge in [-0.2, -0.15) is 4.98 Å². The Labute approximate surface area is 125 Å². The lowest BCUT2D eigenvalue weighted by atomic mass is 9.98. The molecule has 3 heterocycles. The summed E-state index contributed by atoms with van der Waals surface area (Å²) in [5.74, 6) is 3.10. The lowest BCUT2D eigenvalue weighted by Gasteiger charge is -2.21. The zero-order valence-corrected chi connectivity index (χ0v) is 12.7. The fourth-order valence-corrected chi connectivity index (χ4v) is 2.94. The van der Waals surface area contributed by atoms with Crippen LogP contribution in [0, 0.1) is 12.8 Å². The maximum Gasteiger partial charge on any atom is 0.258 e. The van der Waals surface area contributed by atoms with Crippen LogP contribution in [0.2, 0.25) is 0 Å². The van der Waals surface area contributed by atoms with Gasteiger partial charge >= 0.3 is 0 Å². The van der Waals surface area contributed by atoms with Gasteiger partial charge in [0.15, 0.2) is 5.82 Å². The summed E-state index contributed by atoms with van der Waals surface area (Å²) in [5, 5.41) is 3.85. The number of aryl methyl sites for hydroxylation is 1. The van der Waals surface area contributed by atoms with E-state index < -0.39 is 0 Å². The molecule has 1 fully saturated rings. The van der Waals surface area contributed by atoms with E-state index in [1.54, 1.807) is 0 Å². The molecule has 112 valence electrons. The molecule has 1 aliphatic heterocycles. The van der Waals surface area contributed by atoms with Gasteiger partial charge in [-0.1, -0.05) is 18.5 Å². The first-order chi connectivity index (χ1) is 10.3. The molecule has 2 aromatic rings. The predicted octanol–water partition coefficient (Wildman–Crippen LogP) is 3.46. The molecular formula is C16H22N4O. The lowest BCUT2D eigenvalue weighted by molar-refractivity contribution is 0.425. The first kappa shape index (κ1) is 14.0. The van der Waals surface area contributed by atoms with Gasteiger partial charge in [-0.05, 0) is 44.2 Å². The van der Waals surface area contributed by atoms with Crippen LogP contribution in [0.4, 0.5) is 5.82 Å². The zero-order valence-electron chi connectivity index (χ0n) is 12.7. The Morgan fingerprint density at radius 2 is 2.24 bits per heavy atom. The molecule has 0 spiro atoms. The highest BCUT2D eigenvalue weighted by Crippen LogP contribution is 2.26. The van der Waals surface area contributed by atoms with E-state index in [2.05, 4.69) is 33.0 Å². The van der Waals surface area contributed by atoms with Crippen molar-refractivity contribution in [3.63, 3.8) is 0 Å². The first-order valence-corrected chi connectivity index (χ1v) is 7.78. The Morgan fingerprint density at radius 3 is 3.00 bits per heavy atom. The summed E-state index contributed by atoms with van der Waals surface area (Å²) < 4.78 is 5.24. The van der Waals surface area contributed by atoms with E-state index in [1.807, 2.05) is 19.2 Å². The molecule has 1 saturated heterocycles. The number of rotatable bonds is 3. The van der Waals surface area contributed by atoms with E-state index in [4.69, 9.17) is 4.52 Å². The normalized spacial score (nSPS) is 19.5. The van der Waals surface area contributed by atoms with Crippen molar-refractivity contribution in [3.8, 4) is 11.5 Å². The Hall–Kier alpha value is -1.91. The second-order valence-corrected chi connectivity index (χ2v) is 5.74. The van der Waals surface area contributed by atoms with Gasteiger partial charge < -0.3 is 9.42 Å². The summed E-state index contributed by atoms with van der Waals surface area (Å²) in [6.07, 6.45) is 6.93. The fraction of sp³-hybridized carbons (Fsp3) is 0.562. The van der Waals surface area contributed by atoms with Gasteiger partial charge in [-0.25, -0.2) is 4.98 Å². The van der Waals surface area contributed by atoms with Crippen LogP contribution in [-0.2, 0) is 0 Å². The fourth-order valence-electron chi connectivity index (χ4n) is 2.94. The average molecular weight is 286 g/mol. The Bertz CT molecular complexity index is 595. The Morgan fingerprint density at radius 1 is 1.33 bits per heavy atom. The summed E-state index contributed by atoms with van der Waals surface area (Å²) in [7, 11) is 0. The molecule has 21 heavy (non-hydrogen) atoms. The third kappa shape index (κ3) is 3.23. The highest BCUT2D eigenvalue weighted by atomic mass is 16.5. The van der Waals surface area contributed by atoms with Crippen LogP contribution in [0.15, 0.2) is 22.9 Å². The van der Waals surface area contributed by atoms with Crippen LogP contribution in [0.25, 0.3) is 11.5 Å². The molecule has 1 unspecified atom stereocenters. The molecule has 5 heteroatoms. The van der Waals surface area contributed by atoms with Crippen molar-refractivity contribution < 1.29 is 4.52 Å². The summed E-state index contributed by atoms with van der Waals surface area (Å²) in [4.78, 5) is 11.2. The number of pyridine rings is 1. The van der Waals surface area contributed by atoms with Crippen molar-refractivity contribution in [2.45, 2.75) is 39.5 Å². The monoisotopic (exact) mass is 286 g/mol. The van der Waals surface area contributed by atoms with Crippen LogP contribution < -0.4 is 4.90 Å². The SMILES string of the molecule is CCC1CCCN(c2cc(-c3nc(C)no3)ccn2)CC1. The van der Waals surface area contributed by atoms with Crippen LogP contribution in [-0.4, -0.2) is 28.2 Å². The molecule has 0 radical (unpaired) electrons. The number of aromatic nitrogens is 3. The van der Waals surface area contributed by atoms with Gasteiger partial charge in [-0.3, -0.25) is 0 Å². The Balaban J connectivity index is 1.79. The molecule has 1 aliphatic rings. The smallest absolute Gasteiger partial charge is 0.258 e. The number of anilines is 1. The van der Waals surface area contributed by atoms with Gasteiger partial charge in [-0.15, -0.1) is 0 Å². The third-order valence-electron chi connectivity index (χ3n) is 4.27. The standard InChI is InChI=1S/C16H22N4O/c1-3-13-5-4-9-20(10-7-13)15-11-14(6-8-17-15)16-18-12(2)19-21-16/h6,8,11,13H,3-5,7,9-10H2,1-2H3. The molecule has 0 amide bonds. The molecule has 0 aromatic carbocycles. The minimum Gasteiger partial charge on any atom is -0.357 e. The maximum atomic E-state index is 5.24. The highest BCUT2D eigenvalue weighted by Gasteiger charge is 2.17. The second-order valence-electron chi connectivity index (χ2n) is 5.74. The summed E-state index contributed by atoms with van der Waals surface area (Å²) >= 11 is 0.